The lowest BCUT2D eigenvalue weighted by Gasteiger charge is -2.28. The average Bonchev–Trinajstić information content (AvgIpc) is 2.77. The van der Waals surface area contributed by atoms with E-state index in [1.54, 1.807) is 7.05 Å². The number of nitrogens with one attached hydrogen (secondary N) is 1. The minimum absolute atomic E-state index is 0.328. The molecule has 2 rings (SSSR count). The van der Waals surface area contributed by atoms with Crippen LogP contribution in [0.3, 0.4) is 0 Å². The molecule has 2 heterocycles. The molecule has 1 unspecified atom stereocenters. The average molecular weight is 253 g/mol. The quantitative estimate of drug-likeness (QED) is 0.873. The minimum Gasteiger partial charge on any atom is -0.357 e. The van der Waals surface area contributed by atoms with Crippen molar-refractivity contribution in [1.82, 2.24) is 14.9 Å². The van der Waals surface area contributed by atoms with E-state index >= 15 is 0 Å². The molecule has 0 bridgehead atoms. The summed E-state index contributed by atoms with van der Waals surface area (Å²) in [6.07, 6.45) is 3.40. The summed E-state index contributed by atoms with van der Waals surface area (Å²) in [4.78, 5) is 12.3. The van der Waals surface area contributed by atoms with Crippen molar-refractivity contribution in [3.05, 3.63) is 12.0 Å². The van der Waals surface area contributed by atoms with Crippen LogP contribution in [0.1, 0.15) is 12.8 Å². The first-order valence-corrected chi connectivity index (χ1v) is 6.23. The zero-order valence-corrected chi connectivity index (χ0v) is 11.1. The first-order chi connectivity index (χ1) is 8.61. The van der Waals surface area contributed by atoms with Gasteiger partial charge in [-0.2, -0.15) is 4.98 Å². The van der Waals surface area contributed by atoms with E-state index in [9.17, 15) is 4.39 Å². The lowest BCUT2D eigenvalue weighted by molar-refractivity contribution is 0.370. The molecule has 1 saturated heterocycles. The van der Waals surface area contributed by atoms with Crippen LogP contribution in [0.15, 0.2) is 6.20 Å². The van der Waals surface area contributed by atoms with Gasteiger partial charge in [-0.1, -0.05) is 0 Å². The van der Waals surface area contributed by atoms with E-state index in [0.717, 1.165) is 25.9 Å². The monoisotopic (exact) mass is 253 g/mol. The van der Waals surface area contributed by atoms with Gasteiger partial charge in [0.25, 0.3) is 0 Å². The highest BCUT2D eigenvalue weighted by atomic mass is 19.1. The van der Waals surface area contributed by atoms with E-state index in [-0.39, 0.29) is 5.82 Å². The fourth-order valence-corrected chi connectivity index (χ4v) is 2.41. The third-order valence-electron chi connectivity index (χ3n) is 3.17. The van der Waals surface area contributed by atoms with Gasteiger partial charge in [0.05, 0.1) is 6.20 Å². The second-order valence-corrected chi connectivity index (χ2v) is 4.87. The smallest absolute Gasteiger partial charge is 0.224 e. The minimum atomic E-state index is -0.348. The summed E-state index contributed by atoms with van der Waals surface area (Å²) in [5.41, 5.74) is 0. The van der Waals surface area contributed by atoms with Crippen LogP contribution in [0, 0.1) is 5.82 Å². The molecule has 1 aliphatic heterocycles. The van der Waals surface area contributed by atoms with Crippen molar-refractivity contribution >= 4 is 11.8 Å². The van der Waals surface area contributed by atoms with Crippen LogP contribution in [-0.4, -0.2) is 55.1 Å². The first-order valence-electron chi connectivity index (χ1n) is 6.23. The van der Waals surface area contributed by atoms with E-state index in [2.05, 4.69) is 25.1 Å². The van der Waals surface area contributed by atoms with Crippen LogP contribution in [0.2, 0.25) is 0 Å². The largest absolute Gasteiger partial charge is 0.357 e. The molecule has 5 nitrogen and oxygen atoms in total. The molecule has 0 amide bonds. The number of rotatable bonds is 4. The number of hydrogen-bond acceptors (Lipinski definition) is 5. The number of anilines is 2. The highest BCUT2D eigenvalue weighted by Gasteiger charge is 2.28. The third-order valence-corrected chi connectivity index (χ3v) is 3.17. The maximum atomic E-state index is 13.9. The van der Waals surface area contributed by atoms with Gasteiger partial charge in [0.2, 0.25) is 5.95 Å². The molecule has 1 aromatic heterocycles. The van der Waals surface area contributed by atoms with Crippen LogP contribution in [0.4, 0.5) is 16.2 Å². The van der Waals surface area contributed by atoms with Gasteiger partial charge in [-0.15, -0.1) is 0 Å². The Hall–Kier alpha value is -1.43. The molecule has 1 N–H and O–H groups in total. The molecule has 6 heteroatoms. The lowest BCUT2D eigenvalue weighted by atomic mass is 10.2. The van der Waals surface area contributed by atoms with E-state index < -0.39 is 0 Å². The molecular weight excluding hydrogens is 233 g/mol. The summed E-state index contributed by atoms with van der Waals surface area (Å²) >= 11 is 0. The molecule has 0 radical (unpaired) electrons. The number of halogens is 1. The van der Waals surface area contributed by atoms with Crippen molar-refractivity contribution in [3.63, 3.8) is 0 Å². The SMILES string of the molecule is CNc1ncc(F)c(N2CCCC2CN(C)C)n1. The Morgan fingerprint density at radius 1 is 1.56 bits per heavy atom. The second-order valence-electron chi connectivity index (χ2n) is 4.87. The summed E-state index contributed by atoms with van der Waals surface area (Å²) < 4.78 is 13.9. The predicted molar refractivity (Wildman–Crippen MR) is 70.5 cm³/mol. The molecule has 0 aromatic carbocycles. The van der Waals surface area contributed by atoms with Gasteiger partial charge in [0.15, 0.2) is 11.6 Å². The van der Waals surface area contributed by atoms with Crippen molar-refractivity contribution in [2.45, 2.75) is 18.9 Å². The van der Waals surface area contributed by atoms with Crippen molar-refractivity contribution < 1.29 is 4.39 Å². The Kier molecular flexibility index (Phi) is 3.96. The molecule has 18 heavy (non-hydrogen) atoms. The van der Waals surface area contributed by atoms with Crippen LogP contribution in [-0.2, 0) is 0 Å². The molecule has 0 saturated carbocycles. The molecule has 0 aliphatic carbocycles. The predicted octanol–water partition coefficient (Wildman–Crippen LogP) is 1.19. The Morgan fingerprint density at radius 2 is 2.33 bits per heavy atom. The molecule has 1 aromatic rings. The Labute approximate surface area is 107 Å². The molecular formula is C12H20FN5. The van der Waals surface area contributed by atoms with E-state index in [0.29, 0.717) is 17.8 Å². The van der Waals surface area contributed by atoms with Crippen LogP contribution >= 0.6 is 0 Å². The van der Waals surface area contributed by atoms with Crippen molar-refractivity contribution in [2.75, 3.05) is 44.4 Å². The normalized spacial score (nSPS) is 19.6. The van der Waals surface area contributed by atoms with Gasteiger partial charge in [-0.25, -0.2) is 9.37 Å². The second kappa shape index (κ2) is 5.48. The van der Waals surface area contributed by atoms with Gasteiger partial charge >= 0.3 is 0 Å². The Bertz CT molecular complexity index is 409. The summed E-state index contributed by atoms with van der Waals surface area (Å²) in [7, 11) is 5.80. The first kappa shape index (κ1) is 13.0. The van der Waals surface area contributed by atoms with Gasteiger partial charge < -0.3 is 15.1 Å². The highest BCUT2D eigenvalue weighted by Crippen LogP contribution is 2.26. The van der Waals surface area contributed by atoms with Crippen molar-refractivity contribution in [3.8, 4) is 0 Å². The zero-order chi connectivity index (χ0) is 13.1. The standard InChI is InChI=1S/C12H20FN5/c1-14-12-15-7-10(13)11(16-12)18-6-4-5-9(18)8-17(2)3/h7,9H,4-6,8H2,1-3H3,(H,14,15,16). The van der Waals surface area contributed by atoms with Gasteiger partial charge in [-0.05, 0) is 26.9 Å². The van der Waals surface area contributed by atoms with Crippen LogP contribution in [0.5, 0.6) is 0 Å². The van der Waals surface area contributed by atoms with Crippen LogP contribution in [0.25, 0.3) is 0 Å². The Morgan fingerprint density at radius 3 is 3.00 bits per heavy atom. The summed E-state index contributed by atoms with van der Waals surface area (Å²) in [6, 6.07) is 0.328. The number of hydrogen-bond donors (Lipinski definition) is 1. The van der Waals surface area contributed by atoms with Crippen LogP contribution < -0.4 is 10.2 Å². The van der Waals surface area contributed by atoms with Crippen molar-refractivity contribution in [2.24, 2.45) is 0 Å². The van der Waals surface area contributed by atoms with Gasteiger partial charge in [0.1, 0.15) is 0 Å². The third kappa shape index (κ3) is 2.69. The lowest BCUT2D eigenvalue weighted by Crippen LogP contribution is -2.38. The molecule has 1 fully saturated rings. The molecule has 100 valence electrons. The fourth-order valence-electron chi connectivity index (χ4n) is 2.41. The number of nitrogens with zero attached hydrogens (tertiary/aromatic N) is 4. The maximum absolute atomic E-state index is 13.9. The highest BCUT2D eigenvalue weighted by molar-refractivity contribution is 5.45. The summed E-state index contributed by atoms with van der Waals surface area (Å²) in [6.45, 7) is 1.77. The topological polar surface area (TPSA) is 44.3 Å². The maximum Gasteiger partial charge on any atom is 0.224 e. The molecule has 0 spiro atoms. The van der Waals surface area contributed by atoms with E-state index in [4.69, 9.17) is 0 Å². The molecule has 1 aliphatic rings. The zero-order valence-electron chi connectivity index (χ0n) is 11.1. The molecule has 1 atom stereocenters. The van der Waals surface area contributed by atoms with E-state index in [1.807, 2.05) is 14.1 Å². The number of likely N-dealkylation sites (N-methyl/N-ethyl adjacent to an activating group) is 1. The van der Waals surface area contributed by atoms with Gasteiger partial charge in [0, 0.05) is 26.2 Å². The summed E-state index contributed by atoms with van der Waals surface area (Å²) in [5.74, 6) is 0.528. The van der Waals surface area contributed by atoms with Crippen molar-refractivity contribution in [1.29, 1.82) is 0 Å². The summed E-state index contributed by atoms with van der Waals surface area (Å²) in [5, 5.41) is 2.85. The number of aromatic nitrogens is 2. The fraction of sp³-hybridized carbons (Fsp3) is 0.667. The Balaban J connectivity index is 2.23. The van der Waals surface area contributed by atoms with Gasteiger partial charge in [-0.3, -0.25) is 0 Å². The van der Waals surface area contributed by atoms with E-state index in [1.165, 1.54) is 6.20 Å².